The van der Waals surface area contributed by atoms with Crippen molar-refractivity contribution in [2.75, 3.05) is 19.0 Å². The second-order valence-electron chi connectivity index (χ2n) is 4.76. The van der Waals surface area contributed by atoms with E-state index in [1.165, 1.54) is 0 Å². The summed E-state index contributed by atoms with van der Waals surface area (Å²) in [6, 6.07) is 5.85. The maximum absolute atomic E-state index is 5.78. The van der Waals surface area contributed by atoms with Gasteiger partial charge in [-0.2, -0.15) is 0 Å². The number of hydrogen-bond acceptors (Lipinski definition) is 5. The zero-order valence-electron chi connectivity index (χ0n) is 11.8. The molecule has 106 valence electrons. The highest BCUT2D eigenvalue weighted by Crippen LogP contribution is 2.14. The molecule has 0 radical (unpaired) electrons. The first-order valence-corrected chi connectivity index (χ1v) is 6.78. The van der Waals surface area contributed by atoms with Gasteiger partial charge in [0.15, 0.2) is 0 Å². The number of hydrogen-bond donors (Lipinski definition) is 1. The van der Waals surface area contributed by atoms with Crippen molar-refractivity contribution in [2.45, 2.75) is 19.5 Å². The van der Waals surface area contributed by atoms with E-state index in [2.05, 4.69) is 27.2 Å². The van der Waals surface area contributed by atoms with E-state index in [1.54, 1.807) is 18.5 Å². The van der Waals surface area contributed by atoms with Crippen LogP contribution in [0.4, 0.5) is 5.95 Å². The number of anilines is 1. The van der Waals surface area contributed by atoms with Crippen LogP contribution in [0.5, 0.6) is 0 Å². The van der Waals surface area contributed by atoms with Crippen LogP contribution in [0.15, 0.2) is 30.6 Å². The fourth-order valence-corrected chi connectivity index (χ4v) is 1.83. The summed E-state index contributed by atoms with van der Waals surface area (Å²) in [5, 5.41) is 3.92. The van der Waals surface area contributed by atoms with Crippen LogP contribution < -0.4 is 10.2 Å². The smallest absolute Gasteiger partial charge is 0.225 e. The number of pyridine rings is 1. The molecule has 1 atom stereocenters. The third-order valence-corrected chi connectivity index (χ3v) is 3.16. The molecule has 5 nitrogen and oxygen atoms in total. The molecule has 2 aromatic heterocycles. The molecule has 6 heteroatoms. The Balaban J connectivity index is 1.97. The molecule has 0 unspecified atom stereocenters. The largest absolute Gasteiger partial charge is 0.347 e. The Bertz CT molecular complexity index is 556. The second kappa shape index (κ2) is 6.63. The first-order chi connectivity index (χ1) is 9.56. The Morgan fingerprint density at radius 1 is 1.25 bits per heavy atom. The van der Waals surface area contributed by atoms with Crippen molar-refractivity contribution in [2.24, 2.45) is 0 Å². The summed E-state index contributed by atoms with van der Waals surface area (Å²) in [7, 11) is 3.85. The van der Waals surface area contributed by atoms with Gasteiger partial charge in [0.05, 0.1) is 5.69 Å². The van der Waals surface area contributed by atoms with Crippen molar-refractivity contribution < 1.29 is 0 Å². The van der Waals surface area contributed by atoms with Gasteiger partial charge in [-0.15, -0.1) is 0 Å². The summed E-state index contributed by atoms with van der Waals surface area (Å²) < 4.78 is 0. The van der Waals surface area contributed by atoms with Crippen molar-refractivity contribution in [3.05, 3.63) is 47.0 Å². The van der Waals surface area contributed by atoms with Gasteiger partial charge in [-0.05, 0) is 24.6 Å². The molecule has 0 amide bonds. The number of aromatic nitrogens is 3. The van der Waals surface area contributed by atoms with Gasteiger partial charge in [0.2, 0.25) is 5.95 Å². The fourth-order valence-electron chi connectivity index (χ4n) is 1.72. The first kappa shape index (κ1) is 14.7. The molecule has 20 heavy (non-hydrogen) atoms. The van der Waals surface area contributed by atoms with Gasteiger partial charge in [0.25, 0.3) is 0 Å². The zero-order chi connectivity index (χ0) is 14.5. The van der Waals surface area contributed by atoms with Crippen molar-refractivity contribution in [1.29, 1.82) is 0 Å². The van der Waals surface area contributed by atoms with Crippen LogP contribution >= 0.6 is 11.6 Å². The van der Waals surface area contributed by atoms with E-state index in [4.69, 9.17) is 11.6 Å². The lowest BCUT2D eigenvalue weighted by molar-refractivity contribution is 0.565. The lowest BCUT2D eigenvalue weighted by Crippen LogP contribution is -2.20. The summed E-state index contributed by atoms with van der Waals surface area (Å²) in [6.45, 7) is 2.76. The second-order valence-corrected chi connectivity index (χ2v) is 5.15. The summed E-state index contributed by atoms with van der Waals surface area (Å²) in [6.07, 6.45) is 3.55. The standard InChI is InChI=1S/C14H18ClN5/c1-10(11-4-5-13(15)18-8-11)17-9-12-6-7-16-14(19-12)20(2)3/h4-8,10,17H,9H2,1-3H3/t10-/m0/s1. The molecular formula is C14H18ClN5. The molecule has 0 aliphatic carbocycles. The van der Waals surface area contributed by atoms with Gasteiger partial charge in [-0.1, -0.05) is 17.7 Å². The Hall–Kier alpha value is -1.72. The predicted octanol–water partition coefficient (Wildman–Crippen LogP) is 2.44. The quantitative estimate of drug-likeness (QED) is 0.858. The van der Waals surface area contributed by atoms with E-state index in [0.717, 1.165) is 11.3 Å². The lowest BCUT2D eigenvalue weighted by atomic mass is 10.1. The molecule has 2 heterocycles. The topological polar surface area (TPSA) is 53.9 Å². The third kappa shape index (κ3) is 3.88. The molecule has 0 saturated carbocycles. The minimum absolute atomic E-state index is 0.178. The molecule has 1 N–H and O–H groups in total. The van der Waals surface area contributed by atoms with Crippen LogP contribution in [0, 0.1) is 0 Å². The lowest BCUT2D eigenvalue weighted by Gasteiger charge is -2.15. The van der Waals surface area contributed by atoms with Crippen molar-refractivity contribution in [3.63, 3.8) is 0 Å². The predicted molar refractivity (Wildman–Crippen MR) is 80.9 cm³/mol. The molecule has 2 aromatic rings. The molecule has 0 aliphatic heterocycles. The van der Waals surface area contributed by atoms with E-state index in [9.17, 15) is 0 Å². The summed E-state index contributed by atoms with van der Waals surface area (Å²) in [4.78, 5) is 14.6. The minimum atomic E-state index is 0.178. The van der Waals surface area contributed by atoms with Gasteiger partial charge in [-0.3, -0.25) is 0 Å². The van der Waals surface area contributed by atoms with E-state index in [-0.39, 0.29) is 6.04 Å². The monoisotopic (exact) mass is 291 g/mol. The van der Waals surface area contributed by atoms with Crippen molar-refractivity contribution in [1.82, 2.24) is 20.3 Å². The highest BCUT2D eigenvalue weighted by Gasteiger charge is 2.07. The third-order valence-electron chi connectivity index (χ3n) is 2.94. The van der Waals surface area contributed by atoms with E-state index in [1.807, 2.05) is 31.1 Å². The normalized spacial score (nSPS) is 12.2. The fraction of sp³-hybridized carbons (Fsp3) is 0.357. The van der Waals surface area contributed by atoms with Gasteiger partial charge in [0, 0.05) is 39.1 Å². The summed E-state index contributed by atoms with van der Waals surface area (Å²) in [5.41, 5.74) is 2.05. The average Bonchev–Trinajstić information content (AvgIpc) is 2.46. The summed E-state index contributed by atoms with van der Waals surface area (Å²) >= 11 is 5.78. The van der Waals surface area contributed by atoms with Crippen molar-refractivity contribution >= 4 is 17.5 Å². The van der Waals surface area contributed by atoms with Crippen LogP contribution in [-0.2, 0) is 6.54 Å². The van der Waals surface area contributed by atoms with Crippen LogP contribution in [0.3, 0.4) is 0 Å². The number of rotatable bonds is 5. The molecular weight excluding hydrogens is 274 g/mol. The molecule has 0 bridgehead atoms. The van der Waals surface area contributed by atoms with Gasteiger partial charge < -0.3 is 10.2 Å². The Kier molecular flexibility index (Phi) is 4.87. The van der Waals surface area contributed by atoms with E-state index in [0.29, 0.717) is 17.6 Å². The zero-order valence-corrected chi connectivity index (χ0v) is 12.6. The Morgan fingerprint density at radius 3 is 2.70 bits per heavy atom. The van der Waals surface area contributed by atoms with Crippen LogP contribution in [0.25, 0.3) is 0 Å². The van der Waals surface area contributed by atoms with Crippen LogP contribution in [0.2, 0.25) is 5.15 Å². The molecule has 0 fully saturated rings. The SMILES string of the molecule is C[C@H](NCc1ccnc(N(C)C)n1)c1ccc(Cl)nc1. The van der Waals surface area contributed by atoms with Gasteiger partial charge >= 0.3 is 0 Å². The molecule has 0 spiro atoms. The maximum atomic E-state index is 5.78. The summed E-state index contributed by atoms with van der Waals surface area (Å²) in [5.74, 6) is 0.713. The van der Waals surface area contributed by atoms with Crippen molar-refractivity contribution in [3.8, 4) is 0 Å². The first-order valence-electron chi connectivity index (χ1n) is 6.40. The molecule has 2 rings (SSSR count). The Labute approximate surface area is 124 Å². The van der Waals surface area contributed by atoms with E-state index >= 15 is 0 Å². The minimum Gasteiger partial charge on any atom is -0.347 e. The van der Waals surface area contributed by atoms with Gasteiger partial charge in [-0.25, -0.2) is 15.0 Å². The number of nitrogens with zero attached hydrogens (tertiary/aromatic N) is 4. The number of halogens is 1. The number of nitrogens with one attached hydrogen (secondary N) is 1. The van der Waals surface area contributed by atoms with E-state index < -0.39 is 0 Å². The highest BCUT2D eigenvalue weighted by atomic mass is 35.5. The Morgan fingerprint density at radius 2 is 2.05 bits per heavy atom. The van der Waals surface area contributed by atoms with Gasteiger partial charge in [0.1, 0.15) is 5.15 Å². The maximum Gasteiger partial charge on any atom is 0.225 e. The average molecular weight is 292 g/mol. The molecule has 0 aromatic carbocycles. The van der Waals surface area contributed by atoms with Crippen LogP contribution in [-0.4, -0.2) is 29.0 Å². The molecule has 0 saturated heterocycles. The van der Waals surface area contributed by atoms with Crippen LogP contribution in [0.1, 0.15) is 24.2 Å². The highest BCUT2D eigenvalue weighted by molar-refractivity contribution is 6.29. The molecule has 0 aliphatic rings.